The first kappa shape index (κ1) is 19.4. The summed E-state index contributed by atoms with van der Waals surface area (Å²) in [7, 11) is 0. The number of rotatable bonds is 5. The zero-order valence-electron chi connectivity index (χ0n) is 16.1. The predicted molar refractivity (Wildman–Crippen MR) is 112 cm³/mol. The first-order chi connectivity index (χ1) is 13.5. The van der Waals surface area contributed by atoms with Gasteiger partial charge in [-0.25, -0.2) is 0 Å². The number of hydrogen-bond donors (Lipinski definition) is 2. The maximum Gasteiger partial charge on any atom is 0.313 e. The fourth-order valence-corrected chi connectivity index (χ4v) is 3.08. The lowest BCUT2D eigenvalue weighted by Crippen LogP contribution is -2.37. The summed E-state index contributed by atoms with van der Waals surface area (Å²) in [5.74, 6) is -1.33. The van der Waals surface area contributed by atoms with E-state index in [1.807, 2.05) is 86.6 Å². The zero-order chi connectivity index (χ0) is 19.9. The number of hydrogen-bond acceptors (Lipinski definition) is 2. The van der Waals surface area contributed by atoms with E-state index >= 15 is 0 Å². The van der Waals surface area contributed by atoms with Gasteiger partial charge in [0.2, 0.25) is 0 Å². The third-order valence-electron chi connectivity index (χ3n) is 4.84. The van der Waals surface area contributed by atoms with Gasteiger partial charge in [-0.1, -0.05) is 66.7 Å². The van der Waals surface area contributed by atoms with Gasteiger partial charge in [-0.15, -0.1) is 0 Å². The molecule has 0 atom stereocenters. The summed E-state index contributed by atoms with van der Waals surface area (Å²) in [5, 5.41) is 5.44. The Bertz CT molecular complexity index is 913. The number of benzene rings is 3. The van der Waals surface area contributed by atoms with Crippen LogP contribution in [0.15, 0.2) is 78.9 Å². The van der Waals surface area contributed by atoms with Crippen molar-refractivity contribution in [2.24, 2.45) is 0 Å². The van der Waals surface area contributed by atoms with E-state index in [-0.39, 0.29) is 5.92 Å². The molecule has 2 N–H and O–H groups in total. The molecule has 0 saturated heterocycles. The van der Waals surface area contributed by atoms with Gasteiger partial charge in [0.15, 0.2) is 0 Å². The van der Waals surface area contributed by atoms with Crippen LogP contribution in [0.5, 0.6) is 0 Å². The molecule has 0 aliphatic heterocycles. The Labute approximate surface area is 165 Å². The summed E-state index contributed by atoms with van der Waals surface area (Å²) in [6.07, 6.45) is 0. The quantitative estimate of drug-likeness (QED) is 0.660. The van der Waals surface area contributed by atoms with E-state index < -0.39 is 11.8 Å². The minimum absolute atomic E-state index is 0.0271. The second kappa shape index (κ2) is 9.00. The van der Waals surface area contributed by atoms with Crippen LogP contribution in [-0.2, 0) is 9.59 Å². The Balaban J connectivity index is 1.68. The SMILES string of the molecule is Cc1ccc(NC(=O)C(=O)NCC(c2ccccc2)c2ccccc2)cc1C. The van der Waals surface area contributed by atoms with Crippen molar-refractivity contribution >= 4 is 17.5 Å². The molecule has 0 saturated carbocycles. The maximum atomic E-state index is 12.3. The third-order valence-corrected chi connectivity index (χ3v) is 4.84. The highest BCUT2D eigenvalue weighted by molar-refractivity contribution is 6.39. The van der Waals surface area contributed by atoms with Crippen molar-refractivity contribution < 1.29 is 9.59 Å². The first-order valence-corrected chi connectivity index (χ1v) is 9.31. The molecule has 0 unspecified atom stereocenters. The van der Waals surface area contributed by atoms with Crippen LogP contribution >= 0.6 is 0 Å². The van der Waals surface area contributed by atoms with Crippen LogP contribution in [-0.4, -0.2) is 18.4 Å². The monoisotopic (exact) mass is 372 g/mol. The Hall–Kier alpha value is -3.40. The van der Waals surface area contributed by atoms with Crippen LogP contribution in [0.1, 0.15) is 28.2 Å². The lowest BCUT2D eigenvalue weighted by molar-refractivity contribution is -0.136. The molecule has 4 nitrogen and oxygen atoms in total. The predicted octanol–water partition coefficient (Wildman–Crippen LogP) is 4.19. The lowest BCUT2D eigenvalue weighted by atomic mass is 9.91. The molecule has 0 aliphatic carbocycles. The molecule has 3 aromatic rings. The lowest BCUT2D eigenvalue weighted by Gasteiger charge is -2.18. The zero-order valence-corrected chi connectivity index (χ0v) is 16.1. The average molecular weight is 372 g/mol. The van der Waals surface area contributed by atoms with Gasteiger partial charge in [0.1, 0.15) is 0 Å². The molecule has 0 aliphatic rings. The second-order valence-corrected chi connectivity index (χ2v) is 6.84. The first-order valence-electron chi connectivity index (χ1n) is 9.31. The molecule has 0 aromatic heterocycles. The highest BCUT2D eigenvalue weighted by atomic mass is 16.2. The standard InChI is InChI=1S/C24H24N2O2/c1-17-13-14-21(15-18(17)2)26-24(28)23(27)25-16-22(19-9-5-3-6-10-19)20-11-7-4-8-12-20/h3-15,22H,16H2,1-2H3,(H,25,27)(H,26,28). The van der Waals surface area contributed by atoms with Crippen LogP contribution in [0.2, 0.25) is 0 Å². The largest absolute Gasteiger partial charge is 0.347 e. The van der Waals surface area contributed by atoms with Crippen molar-refractivity contribution in [1.82, 2.24) is 5.32 Å². The van der Waals surface area contributed by atoms with E-state index in [0.29, 0.717) is 12.2 Å². The van der Waals surface area contributed by atoms with Crippen molar-refractivity contribution in [1.29, 1.82) is 0 Å². The molecule has 28 heavy (non-hydrogen) atoms. The summed E-state index contributed by atoms with van der Waals surface area (Å²) in [6, 6.07) is 25.5. The fourth-order valence-electron chi connectivity index (χ4n) is 3.08. The number of aryl methyl sites for hydroxylation is 2. The Morgan fingerprint density at radius 3 is 1.86 bits per heavy atom. The van der Waals surface area contributed by atoms with E-state index in [1.165, 1.54) is 0 Å². The highest BCUT2D eigenvalue weighted by Crippen LogP contribution is 2.23. The smallest absolute Gasteiger partial charge is 0.313 e. The summed E-state index contributed by atoms with van der Waals surface area (Å²) < 4.78 is 0. The molecular weight excluding hydrogens is 348 g/mol. The molecule has 0 fully saturated rings. The number of carbonyl (C=O) groups excluding carboxylic acids is 2. The summed E-state index contributed by atoms with van der Waals surface area (Å²) in [5.41, 5.74) is 4.99. The van der Waals surface area contributed by atoms with Crippen molar-refractivity contribution in [3.63, 3.8) is 0 Å². The van der Waals surface area contributed by atoms with Crippen molar-refractivity contribution in [2.75, 3.05) is 11.9 Å². The van der Waals surface area contributed by atoms with E-state index in [2.05, 4.69) is 10.6 Å². The van der Waals surface area contributed by atoms with E-state index in [1.54, 1.807) is 6.07 Å². The number of nitrogens with one attached hydrogen (secondary N) is 2. The number of carbonyl (C=O) groups is 2. The van der Waals surface area contributed by atoms with Crippen LogP contribution in [0.4, 0.5) is 5.69 Å². The average Bonchev–Trinajstić information content (AvgIpc) is 2.72. The fraction of sp³-hybridized carbons (Fsp3) is 0.167. The summed E-state index contributed by atoms with van der Waals surface area (Å²) in [6.45, 7) is 4.31. The van der Waals surface area contributed by atoms with Crippen LogP contribution in [0.25, 0.3) is 0 Å². The molecule has 0 bridgehead atoms. The van der Waals surface area contributed by atoms with Crippen LogP contribution < -0.4 is 10.6 Å². The summed E-state index contributed by atoms with van der Waals surface area (Å²) in [4.78, 5) is 24.6. The van der Waals surface area contributed by atoms with Gasteiger partial charge in [0.25, 0.3) is 0 Å². The van der Waals surface area contributed by atoms with Gasteiger partial charge >= 0.3 is 11.8 Å². The van der Waals surface area contributed by atoms with Crippen LogP contribution in [0, 0.1) is 13.8 Å². The number of amides is 2. The summed E-state index contributed by atoms with van der Waals surface area (Å²) >= 11 is 0. The van der Waals surface area contributed by atoms with Crippen molar-refractivity contribution in [2.45, 2.75) is 19.8 Å². The Morgan fingerprint density at radius 1 is 0.750 bits per heavy atom. The second-order valence-electron chi connectivity index (χ2n) is 6.84. The van der Waals surface area contributed by atoms with Gasteiger partial charge in [0.05, 0.1) is 0 Å². The molecular formula is C24H24N2O2. The number of anilines is 1. The minimum Gasteiger partial charge on any atom is -0.347 e. The van der Waals surface area contributed by atoms with Gasteiger partial charge in [-0.3, -0.25) is 9.59 Å². The molecule has 0 spiro atoms. The Morgan fingerprint density at radius 2 is 1.32 bits per heavy atom. The van der Waals surface area contributed by atoms with Crippen LogP contribution in [0.3, 0.4) is 0 Å². The van der Waals surface area contributed by atoms with Gasteiger partial charge in [-0.05, 0) is 48.2 Å². The maximum absolute atomic E-state index is 12.3. The van der Waals surface area contributed by atoms with E-state index in [9.17, 15) is 9.59 Å². The molecule has 4 heteroatoms. The van der Waals surface area contributed by atoms with Gasteiger partial charge < -0.3 is 10.6 Å². The molecule has 3 aromatic carbocycles. The van der Waals surface area contributed by atoms with E-state index in [4.69, 9.17) is 0 Å². The molecule has 0 heterocycles. The van der Waals surface area contributed by atoms with Crippen molar-refractivity contribution in [3.8, 4) is 0 Å². The minimum atomic E-state index is -0.664. The van der Waals surface area contributed by atoms with Gasteiger partial charge in [0, 0.05) is 18.2 Å². The highest BCUT2D eigenvalue weighted by Gasteiger charge is 2.18. The topological polar surface area (TPSA) is 58.2 Å². The molecule has 2 amide bonds. The normalized spacial score (nSPS) is 10.5. The molecule has 0 radical (unpaired) electrons. The molecule has 3 rings (SSSR count). The molecule has 142 valence electrons. The van der Waals surface area contributed by atoms with Crippen molar-refractivity contribution in [3.05, 3.63) is 101 Å². The van der Waals surface area contributed by atoms with E-state index in [0.717, 1.165) is 22.3 Å². The third kappa shape index (κ3) is 4.86. The Kier molecular flexibility index (Phi) is 6.22. The van der Waals surface area contributed by atoms with Gasteiger partial charge in [-0.2, -0.15) is 0 Å².